The van der Waals surface area contributed by atoms with Crippen LogP contribution in [0.4, 0.5) is 0 Å². The maximum absolute atomic E-state index is 6.00. The van der Waals surface area contributed by atoms with Crippen LogP contribution in [0.3, 0.4) is 0 Å². The lowest BCUT2D eigenvalue weighted by Crippen LogP contribution is -2.06. The summed E-state index contributed by atoms with van der Waals surface area (Å²) in [7, 11) is 0. The number of rotatable bonds is 5. The summed E-state index contributed by atoms with van der Waals surface area (Å²) < 4.78 is 2.11. The molecule has 2 aromatic rings. The van der Waals surface area contributed by atoms with Crippen molar-refractivity contribution in [1.82, 2.24) is 14.8 Å². The molecular formula is C16H20ClN3. The Kier molecular flexibility index (Phi) is 4.36. The first-order valence-electron chi connectivity index (χ1n) is 7.43. The van der Waals surface area contributed by atoms with E-state index in [9.17, 15) is 0 Å². The number of hydrogen-bond acceptors (Lipinski definition) is 2. The molecule has 0 amide bonds. The first kappa shape index (κ1) is 13.6. The highest BCUT2D eigenvalue weighted by atomic mass is 35.5. The molecule has 0 unspecified atom stereocenters. The third-order valence-corrected chi connectivity index (χ3v) is 4.42. The third kappa shape index (κ3) is 2.88. The Morgan fingerprint density at radius 3 is 2.45 bits per heavy atom. The second-order valence-electron chi connectivity index (χ2n) is 5.53. The van der Waals surface area contributed by atoms with E-state index in [-0.39, 0.29) is 0 Å². The van der Waals surface area contributed by atoms with E-state index < -0.39 is 0 Å². The van der Waals surface area contributed by atoms with Crippen LogP contribution in [0.2, 0.25) is 0 Å². The molecule has 0 aliphatic heterocycles. The smallest absolute Gasteiger partial charge is 0.152 e. The molecule has 0 radical (unpaired) electrons. The lowest BCUT2D eigenvalue weighted by molar-refractivity contribution is 0.494. The van der Waals surface area contributed by atoms with Crippen molar-refractivity contribution in [3.05, 3.63) is 42.0 Å². The molecule has 3 rings (SSSR count). The molecule has 106 valence electrons. The predicted octanol–water partition coefficient (Wildman–Crippen LogP) is 4.13. The quantitative estimate of drug-likeness (QED) is 0.775. The molecule has 1 saturated carbocycles. The summed E-state index contributed by atoms with van der Waals surface area (Å²) >= 11 is 6.00. The molecule has 1 fully saturated rings. The SMILES string of the molecule is ClCc1nnc(CCC2CCCC2)n1-c1ccccc1. The fourth-order valence-electron chi connectivity index (χ4n) is 3.11. The Hall–Kier alpha value is -1.35. The van der Waals surface area contributed by atoms with Gasteiger partial charge in [-0.15, -0.1) is 21.8 Å². The maximum Gasteiger partial charge on any atom is 0.152 e. The van der Waals surface area contributed by atoms with E-state index in [4.69, 9.17) is 11.6 Å². The van der Waals surface area contributed by atoms with Crippen molar-refractivity contribution in [1.29, 1.82) is 0 Å². The Labute approximate surface area is 125 Å². The Balaban J connectivity index is 1.81. The van der Waals surface area contributed by atoms with Crippen LogP contribution in [0, 0.1) is 5.92 Å². The van der Waals surface area contributed by atoms with Crippen LogP contribution >= 0.6 is 11.6 Å². The molecular weight excluding hydrogens is 270 g/mol. The summed E-state index contributed by atoms with van der Waals surface area (Å²) in [5, 5.41) is 8.59. The number of nitrogens with zero attached hydrogens (tertiary/aromatic N) is 3. The summed E-state index contributed by atoms with van der Waals surface area (Å²) in [6, 6.07) is 10.3. The number of alkyl halides is 1. The van der Waals surface area contributed by atoms with Gasteiger partial charge in [-0.05, 0) is 24.5 Å². The van der Waals surface area contributed by atoms with Gasteiger partial charge >= 0.3 is 0 Å². The normalized spacial score (nSPS) is 15.8. The van der Waals surface area contributed by atoms with Gasteiger partial charge in [-0.1, -0.05) is 43.9 Å². The van der Waals surface area contributed by atoms with Gasteiger partial charge in [0.15, 0.2) is 5.82 Å². The molecule has 0 spiro atoms. The van der Waals surface area contributed by atoms with Gasteiger partial charge in [-0.25, -0.2) is 0 Å². The topological polar surface area (TPSA) is 30.7 Å². The summed E-state index contributed by atoms with van der Waals surface area (Å²) in [6.07, 6.45) is 7.74. The summed E-state index contributed by atoms with van der Waals surface area (Å²) in [5.74, 6) is 3.14. The lowest BCUT2D eigenvalue weighted by Gasteiger charge is -2.11. The minimum atomic E-state index is 0.394. The van der Waals surface area contributed by atoms with Crippen LogP contribution in [0.1, 0.15) is 43.8 Å². The number of aromatic nitrogens is 3. The molecule has 0 N–H and O–H groups in total. The van der Waals surface area contributed by atoms with Crippen molar-refractivity contribution in [2.24, 2.45) is 5.92 Å². The van der Waals surface area contributed by atoms with Crippen LogP contribution in [-0.2, 0) is 12.3 Å². The molecule has 0 bridgehead atoms. The number of benzene rings is 1. The number of aryl methyl sites for hydroxylation is 1. The molecule has 4 heteroatoms. The monoisotopic (exact) mass is 289 g/mol. The van der Waals surface area contributed by atoms with Gasteiger partial charge in [0.25, 0.3) is 0 Å². The maximum atomic E-state index is 6.00. The molecule has 0 saturated heterocycles. The second-order valence-corrected chi connectivity index (χ2v) is 5.79. The zero-order chi connectivity index (χ0) is 13.8. The van der Waals surface area contributed by atoms with Gasteiger partial charge in [0.05, 0.1) is 5.88 Å². The molecule has 1 heterocycles. The predicted molar refractivity (Wildman–Crippen MR) is 81.2 cm³/mol. The molecule has 1 aliphatic rings. The molecule has 1 aromatic carbocycles. The average Bonchev–Trinajstić information content (AvgIpc) is 3.15. The molecule has 20 heavy (non-hydrogen) atoms. The van der Waals surface area contributed by atoms with Crippen molar-refractivity contribution in [2.45, 2.75) is 44.4 Å². The Bertz CT molecular complexity index is 544. The van der Waals surface area contributed by atoms with E-state index in [0.717, 1.165) is 29.7 Å². The van der Waals surface area contributed by atoms with Gasteiger partial charge in [0.2, 0.25) is 0 Å². The van der Waals surface area contributed by atoms with Gasteiger partial charge in [-0.3, -0.25) is 4.57 Å². The average molecular weight is 290 g/mol. The van der Waals surface area contributed by atoms with E-state index in [2.05, 4.69) is 26.9 Å². The number of hydrogen-bond donors (Lipinski definition) is 0. The van der Waals surface area contributed by atoms with Crippen molar-refractivity contribution in [3.63, 3.8) is 0 Å². The van der Waals surface area contributed by atoms with Crippen molar-refractivity contribution in [3.8, 4) is 5.69 Å². The third-order valence-electron chi connectivity index (χ3n) is 4.18. The number of halogens is 1. The fraction of sp³-hybridized carbons (Fsp3) is 0.500. The van der Waals surface area contributed by atoms with Gasteiger partial charge < -0.3 is 0 Å². The van der Waals surface area contributed by atoms with Gasteiger partial charge in [0, 0.05) is 12.1 Å². The molecule has 3 nitrogen and oxygen atoms in total. The zero-order valence-corrected chi connectivity index (χ0v) is 12.4. The first-order chi connectivity index (χ1) is 9.88. The molecule has 0 atom stereocenters. The highest BCUT2D eigenvalue weighted by Crippen LogP contribution is 2.29. The van der Waals surface area contributed by atoms with Crippen LogP contribution in [0.25, 0.3) is 5.69 Å². The van der Waals surface area contributed by atoms with Crippen molar-refractivity contribution < 1.29 is 0 Å². The second kappa shape index (κ2) is 6.40. The Morgan fingerprint density at radius 1 is 1.05 bits per heavy atom. The van der Waals surface area contributed by atoms with Crippen LogP contribution in [0.15, 0.2) is 30.3 Å². The highest BCUT2D eigenvalue weighted by Gasteiger charge is 2.18. The lowest BCUT2D eigenvalue weighted by atomic mass is 10.0. The van der Waals surface area contributed by atoms with E-state index in [1.807, 2.05) is 18.2 Å². The van der Waals surface area contributed by atoms with E-state index >= 15 is 0 Å². The van der Waals surface area contributed by atoms with Crippen LogP contribution in [0.5, 0.6) is 0 Å². The molecule has 1 aromatic heterocycles. The summed E-state index contributed by atoms with van der Waals surface area (Å²) in [6.45, 7) is 0. The Morgan fingerprint density at radius 2 is 1.75 bits per heavy atom. The summed E-state index contributed by atoms with van der Waals surface area (Å²) in [5.41, 5.74) is 1.11. The highest BCUT2D eigenvalue weighted by molar-refractivity contribution is 6.16. The van der Waals surface area contributed by atoms with Crippen molar-refractivity contribution >= 4 is 11.6 Å². The van der Waals surface area contributed by atoms with Crippen LogP contribution in [-0.4, -0.2) is 14.8 Å². The fourth-order valence-corrected chi connectivity index (χ4v) is 3.28. The standard InChI is InChI=1S/C16H20ClN3/c17-12-16-19-18-15(11-10-13-6-4-5-7-13)20(16)14-8-2-1-3-9-14/h1-3,8-9,13H,4-7,10-12H2. The molecule has 1 aliphatic carbocycles. The van der Waals surface area contributed by atoms with E-state index in [1.165, 1.54) is 32.1 Å². The largest absolute Gasteiger partial charge is 0.282 e. The van der Waals surface area contributed by atoms with E-state index in [1.54, 1.807) is 0 Å². The van der Waals surface area contributed by atoms with Crippen molar-refractivity contribution in [2.75, 3.05) is 0 Å². The first-order valence-corrected chi connectivity index (χ1v) is 7.96. The van der Waals surface area contributed by atoms with E-state index in [0.29, 0.717) is 5.88 Å². The van der Waals surface area contributed by atoms with Gasteiger partial charge in [-0.2, -0.15) is 0 Å². The van der Waals surface area contributed by atoms with Crippen LogP contribution < -0.4 is 0 Å². The number of para-hydroxylation sites is 1. The van der Waals surface area contributed by atoms with Gasteiger partial charge in [0.1, 0.15) is 5.82 Å². The minimum absolute atomic E-state index is 0.394. The zero-order valence-electron chi connectivity index (χ0n) is 11.6. The minimum Gasteiger partial charge on any atom is -0.282 e. The summed E-state index contributed by atoms with van der Waals surface area (Å²) in [4.78, 5) is 0.